The lowest BCUT2D eigenvalue weighted by Gasteiger charge is -2.27. The van der Waals surface area contributed by atoms with Crippen LogP contribution in [0.2, 0.25) is 0 Å². The number of amidine groups is 1. The van der Waals surface area contributed by atoms with Crippen molar-refractivity contribution >= 4 is 44.5 Å². The second-order valence-corrected chi connectivity index (χ2v) is 13.9. The van der Waals surface area contributed by atoms with Crippen LogP contribution >= 0.6 is 11.8 Å². The zero-order valence-corrected chi connectivity index (χ0v) is 23.4. The Hall–Kier alpha value is -2.85. The van der Waals surface area contributed by atoms with Gasteiger partial charge in [0.05, 0.1) is 17.5 Å². The molecule has 2 amide bonds. The van der Waals surface area contributed by atoms with E-state index in [0.29, 0.717) is 5.17 Å². The van der Waals surface area contributed by atoms with Crippen molar-refractivity contribution in [2.75, 3.05) is 16.4 Å². The number of amides is 2. The van der Waals surface area contributed by atoms with Gasteiger partial charge in [-0.25, -0.2) is 13.2 Å². The summed E-state index contributed by atoms with van der Waals surface area (Å²) < 4.78 is 30.3. The lowest BCUT2D eigenvalue weighted by atomic mass is 10.1. The van der Waals surface area contributed by atoms with E-state index < -0.39 is 33.5 Å². The molecule has 2 aliphatic rings. The Labute approximate surface area is 222 Å². The Balaban J connectivity index is 1.68. The number of thioether (sulfide) groups is 1. The van der Waals surface area contributed by atoms with Crippen molar-refractivity contribution in [1.82, 2.24) is 5.32 Å². The average molecular weight is 544 g/mol. The number of rotatable bonds is 5. The molecule has 2 heterocycles. The van der Waals surface area contributed by atoms with Crippen LogP contribution in [0.1, 0.15) is 37.5 Å². The van der Waals surface area contributed by atoms with Crippen molar-refractivity contribution in [2.24, 2.45) is 4.99 Å². The maximum atomic E-state index is 13.6. The quantitative estimate of drug-likeness (QED) is 0.607. The van der Waals surface area contributed by atoms with Crippen LogP contribution < -0.4 is 10.2 Å². The summed E-state index contributed by atoms with van der Waals surface area (Å²) in [4.78, 5) is 32.5. The summed E-state index contributed by atoms with van der Waals surface area (Å²) in [5.41, 5.74) is 3.04. The van der Waals surface area contributed by atoms with Crippen LogP contribution in [0.5, 0.6) is 0 Å². The molecular weight excluding hydrogens is 510 g/mol. The highest BCUT2D eigenvalue weighted by atomic mass is 32.2. The first kappa shape index (κ1) is 27.2. The van der Waals surface area contributed by atoms with Crippen molar-refractivity contribution in [1.29, 1.82) is 0 Å². The number of benzene rings is 2. The Morgan fingerprint density at radius 1 is 1.11 bits per heavy atom. The summed E-state index contributed by atoms with van der Waals surface area (Å²) in [6.07, 6.45) is -0.458. The molecule has 2 fully saturated rings. The smallest absolute Gasteiger partial charge is 0.408 e. The molecule has 0 aromatic heterocycles. The van der Waals surface area contributed by atoms with Gasteiger partial charge in [-0.1, -0.05) is 54.2 Å². The van der Waals surface area contributed by atoms with Crippen LogP contribution in [0.3, 0.4) is 0 Å². The van der Waals surface area contributed by atoms with Crippen LogP contribution in [0.25, 0.3) is 0 Å². The third kappa shape index (κ3) is 6.54. The van der Waals surface area contributed by atoms with Crippen molar-refractivity contribution in [3.8, 4) is 0 Å². The highest BCUT2D eigenvalue weighted by molar-refractivity contribution is 8.16. The number of sulfone groups is 1. The molecule has 4 rings (SSSR count). The van der Waals surface area contributed by atoms with E-state index in [1.807, 2.05) is 67.3 Å². The summed E-state index contributed by atoms with van der Waals surface area (Å²) >= 11 is 1.31. The topological polar surface area (TPSA) is 105 Å². The van der Waals surface area contributed by atoms with Crippen LogP contribution in [0.4, 0.5) is 10.5 Å². The van der Waals surface area contributed by atoms with Crippen LogP contribution in [0, 0.1) is 13.8 Å². The number of nitrogens with one attached hydrogen (secondary N) is 1. The monoisotopic (exact) mass is 543 g/mol. The fourth-order valence-electron chi connectivity index (χ4n) is 4.51. The van der Waals surface area contributed by atoms with Gasteiger partial charge >= 0.3 is 6.09 Å². The normalized spacial score (nSPS) is 22.5. The Bertz CT molecular complexity index is 1320. The predicted molar refractivity (Wildman–Crippen MR) is 148 cm³/mol. The fraction of sp³-hybridized carbons (Fsp3) is 0.444. The summed E-state index contributed by atoms with van der Waals surface area (Å²) in [5, 5.41) is 2.92. The molecule has 3 atom stereocenters. The van der Waals surface area contributed by atoms with Gasteiger partial charge in [0.25, 0.3) is 5.91 Å². The van der Waals surface area contributed by atoms with E-state index >= 15 is 0 Å². The van der Waals surface area contributed by atoms with Crippen LogP contribution in [-0.2, 0) is 25.8 Å². The molecule has 0 radical (unpaired) electrons. The van der Waals surface area contributed by atoms with E-state index in [1.54, 1.807) is 20.8 Å². The van der Waals surface area contributed by atoms with E-state index in [-0.39, 0.29) is 29.2 Å². The second-order valence-electron chi connectivity index (χ2n) is 10.5. The van der Waals surface area contributed by atoms with Gasteiger partial charge in [0.15, 0.2) is 15.0 Å². The number of hydrogen-bond acceptors (Lipinski definition) is 6. The Kier molecular flexibility index (Phi) is 7.71. The zero-order chi connectivity index (χ0) is 27.0. The molecule has 8 nitrogen and oxygen atoms in total. The Morgan fingerprint density at radius 2 is 1.81 bits per heavy atom. The molecule has 0 spiro atoms. The van der Waals surface area contributed by atoms with Crippen molar-refractivity contribution < 1.29 is 22.7 Å². The first-order chi connectivity index (χ1) is 17.3. The average Bonchev–Trinajstić information content (AvgIpc) is 3.25. The summed E-state index contributed by atoms with van der Waals surface area (Å²) in [6.45, 7) is 9.24. The third-order valence-corrected chi connectivity index (χ3v) is 9.59. The molecule has 37 heavy (non-hydrogen) atoms. The van der Waals surface area contributed by atoms with Crippen LogP contribution in [-0.4, -0.2) is 60.0 Å². The molecule has 0 saturated carbocycles. The summed E-state index contributed by atoms with van der Waals surface area (Å²) in [5.74, 6) is -0.467. The molecule has 10 heteroatoms. The van der Waals surface area contributed by atoms with E-state index in [0.717, 1.165) is 22.4 Å². The van der Waals surface area contributed by atoms with Gasteiger partial charge < -0.3 is 15.0 Å². The number of fused-ring (bicyclic) bond motifs is 1. The van der Waals surface area contributed by atoms with Gasteiger partial charge in [-0.05, 0) is 57.4 Å². The van der Waals surface area contributed by atoms with Gasteiger partial charge in [0.1, 0.15) is 11.6 Å². The highest BCUT2D eigenvalue weighted by Gasteiger charge is 2.50. The van der Waals surface area contributed by atoms with Gasteiger partial charge in [-0.15, -0.1) is 0 Å². The van der Waals surface area contributed by atoms with Gasteiger partial charge in [-0.3, -0.25) is 4.79 Å². The SMILES string of the molecule is Cc1cccc(N2C(=NC(=O)[C@H](Cc3ccccc3)NC(=O)OC(C)(C)C)S[C@@H]3CS(=O)(=O)C[C@H]32)c1C. The molecule has 2 aromatic carbocycles. The number of hydrogen-bond donors (Lipinski definition) is 1. The molecule has 0 bridgehead atoms. The lowest BCUT2D eigenvalue weighted by molar-refractivity contribution is -0.119. The fourth-order valence-corrected chi connectivity index (χ4v) is 8.43. The number of aliphatic imine (C=N–C) groups is 1. The molecule has 0 unspecified atom stereocenters. The lowest BCUT2D eigenvalue weighted by Crippen LogP contribution is -2.45. The first-order valence-electron chi connectivity index (χ1n) is 12.2. The van der Waals surface area contributed by atoms with Gasteiger partial charge in [0, 0.05) is 17.4 Å². The maximum Gasteiger partial charge on any atom is 0.408 e. The van der Waals surface area contributed by atoms with Crippen molar-refractivity contribution in [2.45, 2.75) is 64.0 Å². The number of ether oxygens (including phenoxy) is 1. The van der Waals surface area contributed by atoms with E-state index in [4.69, 9.17) is 4.74 Å². The van der Waals surface area contributed by atoms with Crippen molar-refractivity contribution in [3.05, 3.63) is 65.2 Å². The predicted octanol–water partition coefficient (Wildman–Crippen LogP) is 4.04. The first-order valence-corrected chi connectivity index (χ1v) is 14.9. The number of aryl methyl sites for hydroxylation is 1. The van der Waals surface area contributed by atoms with Crippen LogP contribution in [0.15, 0.2) is 53.5 Å². The minimum atomic E-state index is -3.19. The largest absolute Gasteiger partial charge is 0.444 e. The Morgan fingerprint density at radius 3 is 2.49 bits per heavy atom. The zero-order valence-electron chi connectivity index (χ0n) is 21.7. The second kappa shape index (κ2) is 10.5. The van der Waals surface area contributed by atoms with E-state index in [1.165, 1.54) is 11.8 Å². The number of nitrogens with zero attached hydrogens (tertiary/aromatic N) is 2. The molecule has 2 saturated heterocycles. The number of alkyl carbamates (subject to hydrolysis) is 1. The maximum absolute atomic E-state index is 13.6. The minimum Gasteiger partial charge on any atom is -0.444 e. The molecule has 1 N–H and O–H groups in total. The number of anilines is 1. The van der Waals surface area contributed by atoms with Gasteiger partial charge in [-0.2, -0.15) is 4.99 Å². The van der Waals surface area contributed by atoms with E-state index in [2.05, 4.69) is 10.3 Å². The number of carbonyl (C=O) groups excluding carboxylic acids is 2. The summed E-state index contributed by atoms with van der Waals surface area (Å²) in [6, 6.07) is 14.0. The molecular formula is C27H33N3O5S2. The third-order valence-electron chi connectivity index (χ3n) is 6.38. The number of carbonyl (C=O) groups is 2. The summed E-state index contributed by atoms with van der Waals surface area (Å²) in [7, 11) is -3.19. The molecule has 2 aliphatic heterocycles. The molecule has 2 aromatic rings. The molecule has 198 valence electrons. The molecule has 0 aliphatic carbocycles. The minimum absolute atomic E-state index is 0.00879. The highest BCUT2D eigenvalue weighted by Crippen LogP contribution is 2.42. The van der Waals surface area contributed by atoms with Gasteiger partial charge in [0.2, 0.25) is 0 Å². The van der Waals surface area contributed by atoms with E-state index in [9.17, 15) is 18.0 Å². The standard InChI is InChI=1S/C27H33N3O5S2/c1-17-10-9-13-21(18(17)2)30-22-15-37(33,34)16-23(22)36-25(30)29-24(31)20(14-19-11-7-6-8-12-19)28-26(32)35-27(3,4)5/h6-13,20,22-23H,14-16H2,1-5H3,(H,28,32)/t20-,22+,23+/m0/s1. The van der Waals surface area contributed by atoms with Crippen molar-refractivity contribution in [3.63, 3.8) is 0 Å².